The molecule has 0 bridgehead atoms. The summed E-state index contributed by atoms with van der Waals surface area (Å²) in [6, 6.07) is 6.61. The molecule has 0 unspecified atom stereocenters. The molecule has 0 atom stereocenters. The van der Waals surface area contributed by atoms with E-state index in [1.807, 2.05) is 17.1 Å². The molecule has 0 aliphatic carbocycles. The quantitative estimate of drug-likeness (QED) is 0.843. The minimum atomic E-state index is 0.860. The first-order valence-corrected chi connectivity index (χ1v) is 7.67. The molecule has 1 aromatic carbocycles. The molecule has 106 valence electrons. The Morgan fingerprint density at radius 1 is 1.15 bits per heavy atom. The van der Waals surface area contributed by atoms with Crippen LogP contribution in [0.1, 0.15) is 5.56 Å². The van der Waals surface area contributed by atoms with E-state index in [4.69, 9.17) is 0 Å². The number of piperazine rings is 1. The summed E-state index contributed by atoms with van der Waals surface area (Å²) >= 11 is 3.39. The van der Waals surface area contributed by atoms with E-state index in [9.17, 15) is 0 Å². The summed E-state index contributed by atoms with van der Waals surface area (Å²) in [4.78, 5) is 9.06. The van der Waals surface area contributed by atoms with Crippen molar-refractivity contribution in [3.8, 4) is 5.69 Å². The molecule has 1 aromatic heterocycles. The number of aromatic nitrogens is 2. The van der Waals surface area contributed by atoms with E-state index in [2.05, 4.69) is 62.9 Å². The predicted molar refractivity (Wildman–Crippen MR) is 85.7 cm³/mol. The van der Waals surface area contributed by atoms with Gasteiger partial charge in [-0.05, 0) is 53.7 Å². The summed E-state index contributed by atoms with van der Waals surface area (Å²) in [5, 5.41) is 0. The monoisotopic (exact) mass is 334 g/mol. The highest BCUT2D eigenvalue weighted by Gasteiger charge is 2.16. The number of hydrogen-bond donors (Lipinski definition) is 0. The summed E-state index contributed by atoms with van der Waals surface area (Å²) in [6.45, 7) is 6.66. The molecule has 0 saturated carbocycles. The first-order valence-electron chi connectivity index (χ1n) is 6.87. The second-order valence-electron chi connectivity index (χ2n) is 5.36. The van der Waals surface area contributed by atoms with Crippen LogP contribution in [0.25, 0.3) is 5.69 Å². The van der Waals surface area contributed by atoms with Gasteiger partial charge in [0.2, 0.25) is 0 Å². The van der Waals surface area contributed by atoms with Crippen LogP contribution in [-0.4, -0.2) is 47.7 Å². The van der Waals surface area contributed by atoms with Crippen LogP contribution in [0.15, 0.2) is 35.3 Å². The molecule has 20 heavy (non-hydrogen) atoms. The van der Waals surface area contributed by atoms with Crippen LogP contribution in [0.3, 0.4) is 0 Å². The number of aryl methyl sites for hydroxylation is 1. The summed E-state index contributed by atoms with van der Waals surface area (Å²) in [5.74, 6) is 0. The fraction of sp³-hybridized carbons (Fsp3) is 0.400. The molecule has 1 aliphatic heterocycles. The van der Waals surface area contributed by atoms with E-state index in [-0.39, 0.29) is 0 Å². The average molecular weight is 335 g/mol. The van der Waals surface area contributed by atoms with Crippen molar-refractivity contribution < 1.29 is 0 Å². The number of benzene rings is 1. The first-order chi connectivity index (χ1) is 9.63. The van der Waals surface area contributed by atoms with E-state index >= 15 is 0 Å². The molecule has 0 amide bonds. The van der Waals surface area contributed by atoms with E-state index in [1.165, 1.54) is 11.3 Å². The van der Waals surface area contributed by atoms with Crippen molar-refractivity contribution in [1.29, 1.82) is 0 Å². The van der Waals surface area contributed by atoms with Crippen LogP contribution >= 0.6 is 15.9 Å². The lowest BCUT2D eigenvalue weighted by molar-refractivity contribution is 0.312. The van der Waals surface area contributed by atoms with Crippen LogP contribution in [0.5, 0.6) is 0 Å². The average Bonchev–Trinajstić information content (AvgIpc) is 2.87. The molecule has 0 spiro atoms. The zero-order chi connectivity index (χ0) is 14.1. The molecular formula is C15H19BrN4. The molecule has 2 heterocycles. The van der Waals surface area contributed by atoms with Gasteiger partial charge in [0, 0.05) is 43.8 Å². The Morgan fingerprint density at radius 3 is 2.50 bits per heavy atom. The van der Waals surface area contributed by atoms with E-state index in [0.717, 1.165) is 36.5 Å². The summed E-state index contributed by atoms with van der Waals surface area (Å²) in [7, 11) is 2.18. The third-order valence-electron chi connectivity index (χ3n) is 3.87. The van der Waals surface area contributed by atoms with Gasteiger partial charge in [0.1, 0.15) is 10.9 Å². The fourth-order valence-corrected chi connectivity index (χ4v) is 2.95. The van der Waals surface area contributed by atoms with E-state index in [1.54, 1.807) is 0 Å². The Labute approximate surface area is 128 Å². The fourth-order valence-electron chi connectivity index (χ4n) is 2.64. The molecule has 3 rings (SSSR count). The van der Waals surface area contributed by atoms with Crippen LogP contribution < -0.4 is 4.90 Å². The highest BCUT2D eigenvalue weighted by molar-refractivity contribution is 9.10. The number of anilines is 1. The van der Waals surface area contributed by atoms with E-state index in [0.29, 0.717) is 0 Å². The molecule has 0 N–H and O–H groups in total. The minimum Gasteiger partial charge on any atom is -0.369 e. The minimum absolute atomic E-state index is 0.860. The highest BCUT2D eigenvalue weighted by atomic mass is 79.9. The van der Waals surface area contributed by atoms with Crippen molar-refractivity contribution in [3.63, 3.8) is 0 Å². The third kappa shape index (κ3) is 2.74. The highest BCUT2D eigenvalue weighted by Crippen LogP contribution is 2.24. The standard InChI is InChI=1S/C15H19BrN4/c1-12-9-13(20-10-15(16)17-11-20)3-4-14(12)19-7-5-18(2)6-8-19/h3-4,9-11H,5-8H2,1-2H3. The lowest BCUT2D eigenvalue weighted by Crippen LogP contribution is -2.44. The lowest BCUT2D eigenvalue weighted by atomic mass is 10.1. The zero-order valence-corrected chi connectivity index (χ0v) is 13.5. The largest absolute Gasteiger partial charge is 0.369 e. The Morgan fingerprint density at radius 2 is 1.90 bits per heavy atom. The van der Waals surface area contributed by atoms with Crippen LogP contribution in [0, 0.1) is 6.92 Å². The molecule has 0 radical (unpaired) electrons. The molecule has 4 nitrogen and oxygen atoms in total. The number of imidazole rings is 1. The Balaban J connectivity index is 1.84. The van der Waals surface area contributed by atoms with Gasteiger partial charge < -0.3 is 14.4 Å². The summed E-state index contributed by atoms with van der Waals surface area (Å²) in [6.07, 6.45) is 3.80. The predicted octanol–water partition coefficient (Wildman–Crippen LogP) is 2.70. The molecular weight excluding hydrogens is 316 g/mol. The van der Waals surface area contributed by atoms with Crippen molar-refractivity contribution in [2.75, 3.05) is 38.1 Å². The van der Waals surface area contributed by atoms with Crippen LogP contribution in [-0.2, 0) is 0 Å². The van der Waals surface area contributed by atoms with Gasteiger partial charge in [-0.1, -0.05) is 0 Å². The topological polar surface area (TPSA) is 24.3 Å². The first kappa shape index (κ1) is 13.6. The van der Waals surface area contributed by atoms with Gasteiger partial charge >= 0.3 is 0 Å². The second-order valence-corrected chi connectivity index (χ2v) is 6.18. The van der Waals surface area contributed by atoms with Crippen molar-refractivity contribution in [2.24, 2.45) is 0 Å². The van der Waals surface area contributed by atoms with Crippen LogP contribution in [0.4, 0.5) is 5.69 Å². The number of hydrogen-bond acceptors (Lipinski definition) is 3. The number of nitrogens with zero attached hydrogens (tertiary/aromatic N) is 4. The van der Waals surface area contributed by atoms with Gasteiger partial charge in [-0.25, -0.2) is 4.98 Å². The summed E-state index contributed by atoms with van der Waals surface area (Å²) < 4.78 is 2.89. The molecule has 5 heteroatoms. The maximum absolute atomic E-state index is 4.21. The summed E-state index contributed by atoms with van der Waals surface area (Å²) in [5.41, 5.74) is 3.82. The van der Waals surface area contributed by atoms with Crippen LogP contribution in [0.2, 0.25) is 0 Å². The molecule has 1 saturated heterocycles. The smallest absolute Gasteiger partial charge is 0.124 e. The Hall–Kier alpha value is -1.33. The molecule has 1 fully saturated rings. The lowest BCUT2D eigenvalue weighted by Gasteiger charge is -2.35. The van der Waals surface area contributed by atoms with E-state index < -0.39 is 0 Å². The van der Waals surface area contributed by atoms with Gasteiger partial charge in [0.25, 0.3) is 0 Å². The van der Waals surface area contributed by atoms with Gasteiger partial charge in [-0.2, -0.15) is 0 Å². The SMILES string of the molecule is Cc1cc(-n2cnc(Br)c2)ccc1N1CCN(C)CC1. The Bertz CT molecular complexity index is 600. The van der Waals surface area contributed by atoms with Gasteiger partial charge in [0.15, 0.2) is 0 Å². The maximum atomic E-state index is 4.21. The second kappa shape index (κ2) is 5.58. The van der Waals surface area contributed by atoms with Gasteiger partial charge in [-0.15, -0.1) is 0 Å². The van der Waals surface area contributed by atoms with Crippen molar-refractivity contribution in [1.82, 2.24) is 14.5 Å². The number of likely N-dealkylation sites (N-methyl/N-ethyl adjacent to an activating group) is 1. The van der Waals surface area contributed by atoms with Gasteiger partial charge in [-0.3, -0.25) is 0 Å². The molecule has 2 aromatic rings. The Kier molecular flexibility index (Phi) is 3.81. The number of rotatable bonds is 2. The van der Waals surface area contributed by atoms with Crippen molar-refractivity contribution >= 4 is 21.6 Å². The third-order valence-corrected chi connectivity index (χ3v) is 4.28. The zero-order valence-electron chi connectivity index (χ0n) is 11.9. The van der Waals surface area contributed by atoms with Crippen molar-refractivity contribution in [3.05, 3.63) is 40.9 Å². The normalized spacial score (nSPS) is 16.6. The molecule has 1 aliphatic rings. The number of halogens is 1. The van der Waals surface area contributed by atoms with Gasteiger partial charge in [0.05, 0.1) is 0 Å². The van der Waals surface area contributed by atoms with Crippen molar-refractivity contribution in [2.45, 2.75) is 6.92 Å². The maximum Gasteiger partial charge on any atom is 0.124 e.